The summed E-state index contributed by atoms with van der Waals surface area (Å²) >= 11 is 0. The molecule has 2 heterocycles. The highest BCUT2D eigenvalue weighted by molar-refractivity contribution is 5.93. The van der Waals surface area contributed by atoms with Crippen molar-refractivity contribution in [2.75, 3.05) is 18.4 Å². The molecule has 2 aromatic carbocycles. The van der Waals surface area contributed by atoms with Gasteiger partial charge in [0.1, 0.15) is 5.82 Å². The van der Waals surface area contributed by atoms with Gasteiger partial charge in [-0.2, -0.15) is 0 Å². The molecule has 0 spiro atoms. The number of piperidine rings is 1. The average Bonchev–Trinajstić information content (AvgIpc) is 3.06. The topological polar surface area (TPSA) is 61.0 Å². The number of aromatic amines is 1. The van der Waals surface area contributed by atoms with E-state index in [0.29, 0.717) is 0 Å². The lowest BCUT2D eigenvalue weighted by Gasteiger charge is -2.30. The van der Waals surface area contributed by atoms with E-state index in [1.54, 1.807) is 0 Å². The number of hydrogen-bond donors (Lipinski definition) is 2. The van der Waals surface area contributed by atoms with Gasteiger partial charge < -0.3 is 10.3 Å². The third-order valence-electron chi connectivity index (χ3n) is 5.66. The maximum absolute atomic E-state index is 12.7. The van der Waals surface area contributed by atoms with Crippen LogP contribution in [0, 0.1) is 26.7 Å². The summed E-state index contributed by atoms with van der Waals surface area (Å²) in [7, 11) is 0. The summed E-state index contributed by atoms with van der Waals surface area (Å²) in [4.78, 5) is 23.2. The molecule has 1 saturated heterocycles. The molecule has 1 aliphatic rings. The Labute approximate surface area is 166 Å². The third-order valence-corrected chi connectivity index (χ3v) is 5.66. The SMILES string of the molecule is Cc1ccc(NC(=O)C2CCN(Cc3nc4ccc(C)cc4[nH]3)CC2)c(C)c1. The molecular formula is C23H28N4O. The summed E-state index contributed by atoms with van der Waals surface area (Å²) in [6.45, 7) is 8.84. The zero-order valence-electron chi connectivity index (χ0n) is 16.9. The molecule has 1 aliphatic heterocycles. The molecule has 4 rings (SSSR count). The van der Waals surface area contributed by atoms with E-state index in [0.717, 1.165) is 60.6 Å². The van der Waals surface area contributed by atoms with Crippen molar-refractivity contribution in [3.05, 3.63) is 58.9 Å². The number of fused-ring (bicyclic) bond motifs is 1. The molecule has 0 aliphatic carbocycles. The lowest BCUT2D eigenvalue weighted by molar-refractivity contribution is -0.121. The van der Waals surface area contributed by atoms with Crippen molar-refractivity contribution in [3.8, 4) is 0 Å². The average molecular weight is 377 g/mol. The maximum atomic E-state index is 12.7. The number of amides is 1. The Kier molecular flexibility index (Phi) is 5.18. The van der Waals surface area contributed by atoms with Crippen LogP contribution in [0.3, 0.4) is 0 Å². The minimum Gasteiger partial charge on any atom is -0.341 e. The second-order valence-electron chi connectivity index (χ2n) is 8.06. The number of benzene rings is 2. The van der Waals surface area contributed by atoms with Gasteiger partial charge in [-0.25, -0.2) is 4.98 Å². The first-order valence-corrected chi connectivity index (χ1v) is 10.0. The number of aromatic nitrogens is 2. The van der Waals surface area contributed by atoms with Gasteiger partial charge in [0.05, 0.1) is 17.6 Å². The van der Waals surface area contributed by atoms with Gasteiger partial charge in [0.15, 0.2) is 0 Å². The van der Waals surface area contributed by atoms with Crippen LogP contribution in [0.4, 0.5) is 5.69 Å². The van der Waals surface area contributed by atoms with E-state index in [9.17, 15) is 4.79 Å². The third kappa shape index (κ3) is 4.09. The van der Waals surface area contributed by atoms with Crippen molar-refractivity contribution in [3.63, 3.8) is 0 Å². The lowest BCUT2D eigenvalue weighted by Crippen LogP contribution is -2.38. The van der Waals surface area contributed by atoms with Crippen molar-refractivity contribution in [1.82, 2.24) is 14.9 Å². The summed E-state index contributed by atoms with van der Waals surface area (Å²) in [5.74, 6) is 1.22. The first-order chi connectivity index (χ1) is 13.5. The first kappa shape index (κ1) is 18.7. The van der Waals surface area contributed by atoms with Crippen LogP contribution in [-0.4, -0.2) is 33.9 Å². The molecule has 1 fully saturated rings. The maximum Gasteiger partial charge on any atom is 0.227 e. The summed E-state index contributed by atoms with van der Waals surface area (Å²) in [6, 6.07) is 12.4. The lowest BCUT2D eigenvalue weighted by atomic mass is 9.95. The minimum absolute atomic E-state index is 0.0790. The Balaban J connectivity index is 1.32. The number of carbonyl (C=O) groups excluding carboxylic acids is 1. The van der Waals surface area contributed by atoms with E-state index in [4.69, 9.17) is 4.98 Å². The number of nitrogens with one attached hydrogen (secondary N) is 2. The second-order valence-corrected chi connectivity index (χ2v) is 8.06. The molecular weight excluding hydrogens is 348 g/mol. The van der Waals surface area contributed by atoms with E-state index in [-0.39, 0.29) is 11.8 Å². The largest absolute Gasteiger partial charge is 0.341 e. The van der Waals surface area contributed by atoms with E-state index >= 15 is 0 Å². The van der Waals surface area contributed by atoms with Crippen LogP contribution in [-0.2, 0) is 11.3 Å². The fourth-order valence-corrected chi connectivity index (χ4v) is 4.00. The molecule has 3 aromatic rings. The fourth-order valence-electron chi connectivity index (χ4n) is 4.00. The molecule has 5 nitrogen and oxygen atoms in total. The Morgan fingerprint density at radius 2 is 1.82 bits per heavy atom. The van der Waals surface area contributed by atoms with Crippen molar-refractivity contribution < 1.29 is 4.79 Å². The number of imidazole rings is 1. The van der Waals surface area contributed by atoms with Crippen molar-refractivity contribution >= 4 is 22.6 Å². The van der Waals surface area contributed by atoms with Crippen LogP contribution in [0.15, 0.2) is 36.4 Å². The molecule has 1 amide bonds. The fraction of sp³-hybridized carbons (Fsp3) is 0.391. The summed E-state index contributed by atoms with van der Waals surface area (Å²) in [5, 5.41) is 3.12. The first-order valence-electron chi connectivity index (χ1n) is 10.0. The Morgan fingerprint density at radius 1 is 1.11 bits per heavy atom. The number of nitrogens with zero attached hydrogens (tertiary/aromatic N) is 2. The van der Waals surface area contributed by atoms with E-state index < -0.39 is 0 Å². The van der Waals surface area contributed by atoms with Gasteiger partial charge in [0, 0.05) is 11.6 Å². The number of aryl methyl sites for hydroxylation is 3. The smallest absolute Gasteiger partial charge is 0.227 e. The molecule has 0 atom stereocenters. The zero-order valence-corrected chi connectivity index (χ0v) is 16.9. The van der Waals surface area contributed by atoms with Gasteiger partial charge in [-0.05, 0) is 76.0 Å². The van der Waals surface area contributed by atoms with Crippen LogP contribution < -0.4 is 5.32 Å². The van der Waals surface area contributed by atoms with Gasteiger partial charge in [-0.3, -0.25) is 9.69 Å². The monoisotopic (exact) mass is 376 g/mol. The molecule has 1 aromatic heterocycles. The van der Waals surface area contributed by atoms with Crippen molar-refractivity contribution in [2.45, 2.75) is 40.2 Å². The van der Waals surface area contributed by atoms with E-state index in [2.05, 4.69) is 53.3 Å². The van der Waals surface area contributed by atoms with Gasteiger partial charge in [-0.15, -0.1) is 0 Å². The Morgan fingerprint density at radius 3 is 2.57 bits per heavy atom. The molecule has 0 bridgehead atoms. The second kappa shape index (κ2) is 7.76. The van der Waals surface area contributed by atoms with Crippen LogP contribution in [0.2, 0.25) is 0 Å². The predicted molar refractivity (Wildman–Crippen MR) is 113 cm³/mol. The molecule has 0 radical (unpaired) electrons. The summed E-state index contributed by atoms with van der Waals surface area (Å²) < 4.78 is 0. The molecule has 0 unspecified atom stereocenters. The van der Waals surface area contributed by atoms with Gasteiger partial charge in [0.2, 0.25) is 5.91 Å². The summed E-state index contributed by atoms with van der Waals surface area (Å²) in [6.07, 6.45) is 1.77. The normalized spacial score (nSPS) is 15.8. The number of anilines is 1. The highest BCUT2D eigenvalue weighted by atomic mass is 16.1. The summed E-state index contributed by atoms with van der Waals surface area (Å²) in [5.41, 5.74) is 6.60. The zero-order chi connectivity index (χ0) is 19.7. The number of H-pyrrole nitrogens is 1. The number of likely N-dealkylation sites (tertiary alicyclic amines) is 1. The van der Waals surface area contributed by atoms with Crippen LogP contribution in [0.1, 0.15) is 35.4 Å². The van der Waals surface area contributed by atoms with Crippen molar-refractivity contribution in [2.24, 2.45) is 5.92 Å². The molecule has 28 heavy (non-hydrogen) atoms. The van der Waals surface area contributed by atoms with Crippen LogP contribution in [0.25, 0.3) is 11.0 Å². The van der Waals surface area contributed by atoms with Crippen LogP contribution in [0.5, 0.6) is 0 Å². The minimum atomic E-state index is 0.0790. The van der Waals surface area contributed by atoms with Crippen LogP contribution >= 0.6 is 0 Å². The molecule has 146 valence electrons. The number of rotatable bonds is 4. The Hall–Kier alpha value is -2.66. The highest BCUT2D eigenvalue weighted by Crippen LogP contribution is 2.23. The molecule has 2 N–H and O–H groups in total. The van der Waals surface area contributed by atoms with Gasteiger partial charge in [-0.1, -0.05) is 23.8 Å². The van der Waals surface area contributed by atoms with Crippen molar-refractivity contribution in [1.29, 1.82) is 0 Å². The van der Waals surface area contributed by atoms with Gasteiger partial charge in [0.25, 0.3) is 0 Å². The van der Waals surface area contributed by atoms with E-state index in [1.165, 1.54) is 11.1 Å². The number of hydrogen-bond acceptors (Lipinski definition) is 3. The van der Waals surface area contributed by atoms with E-state index in [1.807, 2.05) is 19.1 Å². The quantitative estimate of drug-likeness (QED) is 0.712. The standard InChI is InChI=1S/C23H28N4O/c1-15-4-6-19(17(3)12-15)26-23(28)18-8-10-27(11-9-18)14-22-24-20-7-5-16(2)13-21(20)25-22/h4-7,12-13,18H,8-11,14H2,1-3H3,(H,24,25)(H,26,28). The van der Waals surface area contributed by atoms with Gasteiger partial charge >= 0.3 is 0 Å². The predicted octanol–water partition coefficient (Wildman–Crippen LogP) is 4.34. The number of carbonyl (C=O) groups is 1. The Bertz CT molecular complexity index is 999. The molecule has 5 heteroatoms. The molecule has 0 saturated carbocycles. The highest BCUT2D eigenvalue weighted by Gasteiger charge is 2.25.